The minimum atomic E-state index is -1.43. The Morgan fingerprint density at radius 1 is 0.909 bits per heavy atom. The molecule has 232 valence electrons. The molecule has 1 unspecified atom stereocenters. The smallest absolute Gasteiger partial charge is 0.303 e. The fourth-order valence-electron chi connectivity index (χ4n) is 5.48. The van der Waals surface area contributed by atoms with E-state index in [1.54, 1.807) is 30.3 Å². The number of nitrogens with zero attached hydrogens (tertiary/aromatic N) is 1. The van der Waals surface area contributed by atoms with Gasteiger partial charge in [-0.15, -0.1) is 0 Å². The van der Waals surface area contributed by atoms with Crippen molar-refractivity contribution in [2.45, 2.75) is 64.4 Å². The molecule has 1 saturated heterocycles. The van der Waals surface area contributed by atoms with Gasteiger partial charge in [-0.1, -0.05) is 12.1 Å². The molecule has 1 aliphatic heterocycles. The number of aliphatic hydroxyl groups excluding tert-OH is 1. The number of benzene rings is 2. The second-order valence-corrected chi connectivity index (χ2v) is 10.3. The standard InChI is InChI=1S/C31H30FNO11/c1-15(34)40-14-25-28(41-16(2)35)29(42-17(3)36)30(43-18(4)37)31(44-25)33-13-21(26-22(32)6-5-7-23(26)33)27(38)20-8-9-24-19(12-20)10-11-39-24/h5-13,25,27-31,38H,14H2,1-4H3/t25-,27?,28-,29+,30-,31-/m1/s1. The molecule has 2 aromatic heterocycles. The molecule has 6 atom stereocenters. The van der Waals surface area contributed by atoms with Gasteiger partial charge < -0.3 is 37.8 Å². The highest BCUT2D eigenvalue weighted by Gasteiger charge is 2.53. The Hall–Kier alpha value is -4.75. The normalized spacial score (nSPS) is 22.4. The molecular formula is C31H30FNO11. The fraction of sp³-hybridized carbons (Fsp3) is 0.355. The molecular weight excluding hydrogens is 581 g/mol. The second-order valence-electron chi connectivity index (χ2n) is 10.3. The van der Waals surface area contributed by atoms with Crippen molar-refractivity contribution in [2.75, 3.05) is 6.61 Å². The van der Waals surface area contributed by atoms with Gasteiger partial charge in [0.2, 0.25) is 0 Å². The third kappa shape index (κ3) is 6.15. The van der Waals surface area contributed by atoms with Gasteiger partial charge in [0.1, 0.15) is 30.2 Å². The fourth-order valence-corrected chi connectivity index (χ4v) is 5.48. The number of furan rings is 1. The molecule has 1 N–H and O–H groups in total. The van der Waals surface area contributed by atoms with Crippen LogP contribution in [0.3, 0.4) is 0 Å². The predicted octanol–water partition coefficient (Wildman–Crippen LogP) is 3.86. The lowest BCUT2D eigenvalue weighted by Gasteiger charge is -2.44. The quantitative estimate of drug-likeness (QED) is 0.228. The van der Waals surface area contributed by atoms with Gasteiger partial charge in [-0.05, 0) is 35.9 Å². The molecule has 1 fully saturated rings. The van der Waals surface area contributed by atoms with Crippen molar-refractivity contribution in [3.63, 3.8) is 0 Å². The number of esters is 4. The number of fused-ring (bicyclic) bond motifs is 2. The molecule has 0 saturated carbocycles. The monoisotopic (exact) mass is 611 g/mol. The lowest BCUT2D eigenvalue weighted by atomic mass is 9.97. The first-order valence-electron chi connectivity index (χ1n) is 13.7. The minimum Gasteiger partial charge on any atom is -0.464 e. The van der Waals surface area contributed by atoms with Crippen molar-refractivity contribution >= 4 is 45.7 Å². The highest BCUT2D eigenvalue weighted by atomic mass is 19.1. The van der Waals surface area contributed by atoms with Gasteiger partial charge in [0.15, 0.2) is 24.5 Å². The summed E-state index contributed by atoms with van der Waals surface area (Å²) in [6.07, 6.45) is -5.13. The van der Waals surface area contributed by atoms with E-state index in [2.05, 4.69) is 0 Å². The first kappa shape index (κ1) is 30.7. The zero-order valence-electron chi connectivity index (χ0n) is 24.2. The largest absolute Gasteiger partial charge is 0.464 e. The summed E-state index contributed by atoms with van der Waals surface area (Å²) >= 11 is 0. The summed E-state index contributed by atoms with van der Waals surface area (Å²) in [7, 11) is 0. The van der Waals surface area contributed by atoms with Crippen LogP contribution in [0, 0.1) is 5.82 Å². The van der Waals surface area contributed by atoms with Crippen molar-refractivity contribution in [3.05, 3.63) is 71.9 Å². The first-order valence-corrected chi connectivity index (χ1v) is 13.7. The Morgan fingerprint density at radius 3 is 2.27 bits per heavy atom. The van der Waals surface area contributed by atoms with Crippen LogP contribution in [0.2, 0.25) is 0 Å². The average molecular weight is 612 g/mol. The Bertz CT molecular complexity index is 1730. The van der Waals surface area contributed by atoms with Gasteiger partial charge in [0.05, 0.1) is 11.8 Å². The highest BCUT2D eigenvalue weighted by Crippen LogP contribution is 2.40. The lowest BCUT2D eigenvalue weighted by Crippen LogP contribution is -2.60. The van der Waals surface area contributed by atoms with Crippen molar-refractivity contribution in [3.8, 4) is 0 Å². The number of halogens is 1. The maximum absolute atomic E-state index is 15.5. The molecule has 5 rings (SSSR count). The molecule has 12 nitrogen and oxygen atoms in total. The summed E-state index contributed by atoms with van der Waals surface area (Å²) in [5, 5.41) is 12.3. The van der Waals surface area contributed by atoms with Gasteiger partial charge in [-0.25, -0.2) is 4.39 Å². The van der Waals surface area contributed by atoms with Gasteiger partial charge in [-0.3, -0.25) is 19.2 Å². The lowest BCUT2D eigenvalue weighted by molar-refractivity contribution is -0.267. The molecule has 13 heteroatoms. The van der Waals surface area contributed by atoms with Crippen molar-refractivity contribution < 1.29 is 56.8 Å². The molecule has 1 aliphatic rings. The van der Waals surface area contributed by atoms with Gasteiger partial charge >= 0.3 is 23.9 Å². The summed E-state index contributed by atoms with van der Waals surface area (Å²) < 4.78 is 50.4. The zero-order chi connectivity index (χ0) is 31.7. The third-order valence-corrected chi connectivity index (χ3v) is 7.16. The van der Waals surface area contributed by atoms with Crippen LogP contribution in [0.4, 0.5) is 4.39 Å². The maximum Gasteiger partial charge on any atom is 0.303 e. The molecule has 0 bridgehead atoms. The number of rotatable bonds is 8. The minimum absolute atomic E-state index is 0.0557. The average Bonchev–Trinajstić information content (AvgIpc) is 3.58. The van der Waals surface area contributed by atoms with Crippen molar-refractivity contribution in [1.82, 2.24) is 4.57 Å². The van der Waals surface area contributed by atoms with Gasteiger partial charge in [0, 0.05) is 50.2 Å². The molecule has 0 spiro atoms. The number of aliphatic hydroxyl groups is 1. The number of ether oxygens (including phenoxy) is 5. The van der Waals surface area contributed by atoms with Crippen LogP contribution in [0.15, 0.2) is 59.3 Å². The molecule has 44 heavy (non-hydrogen) atoms. The number of hydrogen-bond donors (Lipinski definition) is 1. The van der Waals surface area contributed by atoms with E-state index in [0.29, 0.717) is 11.1 Å². The van der Waals surface area contributed by atoms with Crippen molar-refractivity contribution in [2.24, 2.45) is 0 Å². The Kier molecular flexibility index (Phi) is 8.70. The molecule has 2 aromatic carbocycles. The topological polar surface area (TPSA) is 153 Å². The number of carbonyl (C=O) groups is 4. The van der Waals surface area contributed by atoms with E-state index in [0.717, 1.165) is 26.2 Å². The summed E-state index contributed by atoms with van der Waals surface area (Å²) in [6, 6.07) is 11.0. The van der Waals surface area contributed by atoms with Crippen LogP contribution in [0.25, 0.3) is 21.9 Å². The van der Waals surface area contributed by atoms with Crippen LogP contribution in [0.1, 0.15) is 51.2 Å². The molecule has 0 aliphatic carbocycles. The Labute approximate surface area is 250 Å². The summed E-state index contributed by atoms with van der Waals surface area (Å²) in [6.45, 7) is 4.11. The summed E-state index contributed by atoms with van der Waals surface area (Å²) in [4.78, 5) is 48.4. The Morgan fingerprint density at radius 2 is 1.59 bits per heavy atom. The highest BCUT2D eigenvalue weighted by molar-refractivity contribution is 5.86. The number of aromatic nitrogens is 1. The Balaban J connectivity index is 1.67. The molecule has 3 heterocycles. The van der Waals surface area contributed by atoms with Gasteiger partial charge in [0.25, 0.3) is 0 Å². The maximum atomic E-state index is 15.5. The summed E-state index contributed by atoms with van der Waals surface area (Å²) in [5.41, 5.74) is 1.45. The molecule has 4 aromatic rings. The SMILES string of the molecule is CC(=O)OC[C@H]1O[C@@H](n2cc(C(O)c3ccc4occc4c3)c3c(F)cccc32)[C@H](OC(C)=O)[C@@H](OC(C)=O)[C@@H]1OC(C)=O. The van der Waals surface area contributed by atoms with E-state index in [1.165, 1.54) is 36.1 Å². The predicted molar refractivity (Wildman–Crippen MR) is 149 cm³/mol. The second kappa shape index (κ2) is 12.5. The number of carbonyl (C=O) groups excluding carboxylic acids is 4. The van der Waals surface area contributed by atoms with Crippen molar-refractivity contribution in [1.29, 1.82) is 0 Å². The van der Waals surface area contributed by atoms with Crippen LogP contribution >= 0.6 is 0 Å². The van der Waals surface area contributed by atoms with E-state index >= 15 is 4.39 Å². The van der Waals surface area contributed by atoms with E-state index in [4.69, 9.17) is 28.1 Å². The van der Waals surface area contributed by atoms with Crippen LogP contribution < -0.4 is 0 Å². The third-order valence-electron chi connectivity index (χ3n) is 7.16. The van der Waals surface area contributed by atoms with Gasteiger partial charge in [-0.2, -0.15) is 0 Å². The van der Waals surface area contributed by atoms with E-state index in [-0.39, 0.29) is 16.5 Å². The van der Waals surface area contributed by atoms with Crippen LogP contribution in [-0.4, -0.2) is 64.6 Å². The van der Waals surface area contributed by atoms with E-state index in [1.807, 2.05) is 0 Å². The van der Waals surface area contributed by atoms with E-state index < -0.39 is 73.0 Å². The number of hydrogen-bond acceptors (Lipinski definition) is 11. The van der Waals surface area contributed by atoms with Crippen LogP contribution in [0.5, 0.6) is 0 Å². The summed E-state index contributed by atoms with van der Waals surface area (Å²) in [5.74, 6) is -3.64. The molecule has 0 radical (unpaired) electrons. The zero-order valence-corrected chi connectivity index (χ0v) is 24.2. The van der Waals surface area contributed by atoms with E-state index in [9.17, 15) is 24.3 Å². The first-order chi connectivity index (χ1) is 20.9. The van der Waals surface area contributed by atoms with Crippen LogP contribution in [-0.2, 0) is 42.9 Å². The molecule has 0 amide bonds.